The number of hydrogen-bond donors (Lipinski definition) is 2. The van der Waals surface area contributed by atoms with E-state index in [4.69, 9.17) is 5.11 Å². The molecule has 1 unspecified atom stereocenters. The van der Waals surface area contributed by atoms with Crippen LogP contribution >= 0.6 is 11.8 Å². The van der Waals surface area contributed by atoms with Crippen LogP contribution in [0.4, 0.5) is 0 Å². The van der Waals surface area contributed by atoms with Gasteiger partial charge in [0.25, 0.3) is 0 Å². The molecule has 1 atom stereocenters. The summed E-state index contributed by atoms with van der Waals surface area (Å²) in [6.07, 6.45) is 4.30. The van der Waals surface area contributed by atoms with Gasteiger partial charge in [0.15, 0.2) is 0 Å². The van der Waals surface area contributed by atoms with Crippen LogP contribution in [0.1, 0.15) is 39.5 Å². The molecule has 16 heavy (non-hydrogen) atoms. The zero-order valence-electron chi connectivity index (χ0n) is 10.5. The predicted molar refractivity (Wildman–Crippen MR) is 70.7 cm³/mol. The zero-order valence-corrected chi connectivity index (χ0v) is 11.3. The van der Waals surface area contributed by atoms with Gasteiger partial charge >= 0.3 is 0 Å². The van der Waals surface area contributed by atoms with Crippen molar-refractivity contribution in [3.8, 4) is 0 Å². The lowest BCUT2D eigenvalue weighted by atomic mass is 10.1. The molecule has 96 valence electrons. The summed E-state index contributed by atoms with van der Waals surface area (Å²) in [5.74, 6) is 2.13. The van der Waals surface area contributed by atoms with Gasteiger partial charge in [0.05, 0.1) is 5.75 Å². The number of unbranched alkanes of at least 4 members (excludes halogenated alkanes) is 1. The Hall–Kier alpha value is -0.220. The van der Waals surface area contributed by atoms with Crippen LogP contribution in [-0.4, -0.2) is 35.7 Å². The van der Waals surface area contributed by atoms with Crippen LogP contribution in [0.25, 0.3) is 0 Å². The van der Waals surface area contributed by atoms with Crippen LogP contribution in [0.2, 0.25) is 0 Å². The number of carbonyl (C=O) groups is 1. The standard InChI is InChI=1S/C12H25NO2S/c1-3-4-8-16-10-12(15)13-7-5-6-11(2)9-14/h11,14H,3-10H2,1-2H3,(H,13,15). The molecule has 0 aliphatic rings. The van der Waals surface area contributed by atoms with Crippen LogP contribution in [0.3, 0.4) is 0 Å². The van der Waals surface area contributed by atoms with Crippen LogP contribution in [-0.2, 0) is 4.79 Å². The highest BCUT2D eigenvalue weighted by Gasteiger charge is 2.02. The van der Waals surface area contributed by atoms with Crippen molar-refractivity contribution in [2.75, 3.05) is 24.7 Å². The van der Waals surface area contributed by atoms with Gasteiger partial charge in [-0.1, -0.05) is 20.3 Å². The van der Waals surface area contributed by atoms with Gasteiger partial charge < -0.3 is 10.4 Å². The van der Waals surface area contributed by atoms with E-state index in [2.05, 4.69) is 12.2 Å². The molecule has 0 rings (SSSR count). The third kappa shape index (κ3) is 10.3. The molecule has 3 nitrogen and oxygen atoms in total. The average molecular weight is 247 g/mol. The fourth-order valence-corrected chi connectivity index (χ4v) is 2.16. The third-order valence-corrected chi connectivity index (χ3v) is 3.43. The summed E-state index contributed by atoms with van der Waals surface area (Å²) in [5, 5.41) is 11.7. The third-order valence-electron chi connectivity index (χ3n) is 2.38. The number of nitrogens with one attached hydrogen (secondary N) is 1. The first-order valence-corrected chi connectivity index (χ1v) is 7.31. The van der Waals surface area contributed by atoms with Crippen LogP contribution in [0, 0.1) is 5.92 Å². The molecule has 2 N–H and O–H groups in total. The Labute approximate surface area is 103 Å². The molecule has 0 aromatic heterocycles. The molecular formula is C12H25NO2S. The highest BCUT2D eigenvalue weighted by atomic mass is 32.2. The first kappa shape index (κ1) is 15.8. The van der Waals surface area contributed by atoms with Gasteiger partial charge in [-0.3, -0.25) is 4.79 Å². The maximum atomic E-state index is 11.3. The summed E-state index contributed by atoms with van der Waals surface area (Å²) in [6, 6.07) is 0. The molecule has 0 aromatic rings. The van der Waals surface area contributed by atoms with Crippen molar-refractivity contribution in [3.63, 3.8) is 0 Å². The van der Waals surface area contributed by atoms with Crippen molar-refractivity contribution in [2.24, 2.45) is 5.92 Å². The summed E-state index contributed by atoms with van der Waals surface area (Å²) in [7, 11) is 0. The molecular weight excluding hydrogens is 222 g/mol. The van der Waals surface area contributed by atoms with Gasteiger partial charge in [-0.05, 0) is 30.9 Å². The smallest absolute Gasteiger partial charge is 0.229 e. The second-order valence-electron chi connectivity index (χ2n) is 4.19. The van der Waals surface area contributed by atoms with E-state index in [0.29, 0.717) is 11.7 Å². The first-order chi connectivity index (χ1) is 7.70. The van der Waals surface area contributed by atoms with E-state index in [0.717, 1.165) is 25.1 Å². The van der Waals surface area contributed by atoms with Gasteiger partial charge in [0.1, 0.15) is 0 Å². The molecule has 4 heteroatoms. The second-order valence-corrected chi connectivity index (χ2v) is 5.29. The fourth-order valence-electron chi connectivity index (χ4n) is 1.23. The molecule has 0 aliphatic carbocycles. The predicted octanol–water partition coefficient (Wildman–Crippen LogP) is 2.04. The minimum atomic E-state index is 0.137. The Morgan fingerprint density at radius 3 is 2.81 bits per heavy atom. The second kappa shape index (κ2) is 11.3. The fraction of sp³-hybridized carbons (Fsp3) is 0.917. The van der Waals surface area contributed by atoms with Gasteiger partial charge in [0, 0.05) is 13.2 Å². The average Bonchev–Trinajstić information content (AvgIpc) is 2.30. The Morgan fingerprint density at radius 2 is 2.19 bits per heavy atom. The summed E-state index contributed by atoms with van der Waals surface area (Å²) < 4.78 is 0. The Morgan fingerprint density at radius 1 is 1.44 bits per heavy atom. The molecule has 0 aliphatic heterocycles. The van der Waals surface area contributed by atoms with Gasteiger partial charge in [-0.2, -0.15) is 11.8 Å². The van der Waals surface area contributed by atoms with Gasteiger partial charge in [-0.25, -0.2) is 0 Å². The molecule has 0 saturated heterocycles. The van der Waals surface area contributed by atoms with Crippen molar-refractivity contribution >= 4 is 17.7 Å². The topological polar surface area (TPSA) is 49.3 Å². The first-order valence-electron chi connectivity index (χ1n) is 6.16. The number of rotatable bonds is 10. The lowest BCUT2D eigenvalue weighted by Gasteiger charge is -2.08. The minimum absolute atomic E-state index is 0.137. The van der Waals surface area contributed by atoms with E-state index in [1.54, 1.807) is 11.8 Å². The van der Waals surface area contributed by atoms with Crippen molar-refractivity contribution in [2.45, 2.75) is 39.5 Å². The molecule has 0 radical (unpaired) electrons. The van der Waals surface area contributed by atoms with Gasteiger partial charge in [-0.15, -0.1) is 0 Å². The Kier molecular flexibility index (Phi) is 11.1. The summed E-state index contributed by atoms with van der Waals surface area (Å²) in [6.45, 7) is 5.14. The van der Waals surface area contributed by atoms with E-state index in [1.165, 1.54) is 12.8 Å². The molecule has 0 aromatic carbocycles. The normalized spacial score (nSPS) is 12.4. The lowest BCUT2D eigenvalue weighted by molar-refractivity contribution is -0.118. The SMILES string of the molecule is CCCCSCC(=O)NCCCC(C)CO. The largest absolute Gasteiger partial charge is 0.396 e. The van der Waals surface area contributed by atoms with Crippen molar-refractivity contribution in [1.29, 1.82) is 0 Å². The number of thioether (sulfide) groups is 1. The van der Waals surface area contributed by atoms with E-state index in [1.807, 2.05) is 6.92 Å². The van der Waals surface area contributed by atoms with E-state index < -0.39 is 0 Å². The number of aliphatic hydroxyl groups excluding tert-OH is 1. The molecule has 0 heterocycles. The van der Waals surface area contributed by atoms with E-state index >= 15 is 0 Å². The maximum Gasteiger partial charge on any atom is 0.229 e. The van der Waals surface area contributed by atoms with Crippen molar-refractivity contribution < 1.29 is 9.90 Å². The van der Waals surface area contributed by atoms with Crippen LogP contribution in [0.15, 0.2) is 0 Å². The molecule has 0 saturated carbocycles. The summed E-state index contributed by atoms with van der Waals surface area (Å²) in [5.41, 5.74) is 0. The quantitative estimate of drug-likeness (QED) is 0.581. The van der Waals surface area contributed by atoms with Crippen molar-refractivity contribution in [1.82, 2.24) is 5.32 Å². The highest BCUT2D eigenvalue weighted by molar-refractivity contribution is 7.99. The molecule has 0 bridgehead atoms. The number of amides is 1. The molecule has 1 amide bonds. The number of aliphatic hydroxyl groups is 1. The lowest BCUT2D eigenvalue weighted by Crippen LogP contribution is -2.26. The highest BCUT2D eigenvalue weighted by Crippen LogP contribution is 2.04. The summed E-state index contributed by atoms with van der Waals surface area (Å²) >= 11 is 1.70. The zero-order chi connectivity index (χ0) is 12.2. The van der Waals surface area contributed by atoms with Gasteiger partial charge in [0.2, 0.25) is 5.91 Å². The maximum absolute atomic E-state index is 11.3. The van der Waals surface area contributed by atoms with Crippen LogP contribution < -0.4 is 5.32 Å². The van der Waals surface area contributed by atoms with Crippen molar-refractivity contribution in [3.05, 3.63) is 0 Å². The Bertz CT molecular complexity index is 176. The molecule has 0 fully saturated rings. The summed E-state index contributed by atoms with van der Waals surface area (Å²) in [4.78, 5) is 11.3. The molecule has 0 spiro atoms. The van der Waals surface area contributed by atoms with Crippen LogP contribution in [0.5, 0.6) is 0 Å². The Balaban J connectivity index is 3.24. The van der Waals surface area contributed by atoms with E-state index in [9.17, 15) is 4.79 Å². The number of hydrogen-bond acceptors (Lipinski definition) is 3. The van der Waals surface area contributed by atoms with E-state index in [-0.39, 0.29) is 12.5 Å². The minimum Gasteiger partial charge on any atom is -0.396 e. The number of carbonyl (C=O) groups excluding carboxylic acids is 1. The monoisotopic (exact) mass is 247 g/mol.